The first kappa shape index (κ1) is 22.0. The number of carbonyl (C=O) groups excluding carboxylic acids is 2. The second-order valence-corrected chi connectivity index (χ2v) is 8.65. The summed E-state index contributed by atoms with van der Waals surface area (Å²) in [4.78, 5) is 27.2. The summed E-state index contributed by atoms with van der Waals surface area (Å²) in [6.45, 7) is 0. The number of rotatable bonds is 3. The smallest absolute Gasteiger partial charge is 0.276 e. The molecule has 5 rings (SSSR count). The Labute approximate surface area is 201 Å². The predicted octanol–water partition coefficient (Wildman–Crippen LogP) is 5.45. The van der Waals surface area contributed by atoms with Gasteiger partial charge in [0.15, 0.2) is 5.71 Å². The molecule has 0 aromatic heterocycles. The number of amides is 2. The van der Waals surface area contributed by atoms with Gasteiger partial charge in [-0.15, -0.1) is 10.2 Å². The number of thioether (sulfide) groups is 1. The molecule has 0 saturated carbocycles. The highest BCUT2D eigenvalue weighted by atomic mass is 35.5. The molecule has 10 heteroatoms. The fourth-order valence-corrected chi connectivity index (χ4v) is 4.56. The first-order valence-electron chi connectivity index (χ1n) is 9.92. The number of benzene rings is 3. The minimum Gasteiger partial charge on any atom is -0.320 e. The lowest BCUT2D eigenvalue weighted by Crippen LogP contribution is -2.29. The van der Waals surface area contributed by atoms with Crippen molar-refractivity contribution in [1.29, 1.82) is 0 Å². The van der Waals surface area contributed by atoms with E-state index in [0.717, 1.165) is 11.8 Å². The average Bonchev–Trinajstić information content (AvgIpc) is 3.29. The quantitative estimate of drug-likeness (QED) is 0.388. The van der Waals surface area contributed by atoms with Gasteiger partial charge in [-0.3, -0.25) is 14.5 Å². The monoisotopic (exact) mass is 494 g/mol. The van der Waals surface area contributed by atoms with E-state index in [1.54, 1.807) is 42.5 Å². The van der Waals surface area contributed by atoms with E-state index in [4.69, 9.17) is 11.6 Å². The zero-order valence-electron chi connectivity index (χ0n) is 17.1. The van der Waals surface area contributed by atoms with E-state index in [1.807, 2.05) is 0 Å². The molecule has 2 heterocycles. The maximum Gasteiger partial charge on any atom is 0.276 e. The minimum atomic E-state index is -0.536. The van der Waals surface area contributed by atoms with Crippen LogP contribution in [0.4, 0.5) is 20.2 Å². The van der Waals surface area contributed by atoms with Gasteiger partial charge >= 0.3 is 0 Å². The van der Waals surface area contributed by atoms with Gasteiger partial charge in [-0.2, -0.15) is 0 Å². The van der Waals surface area contributed by atoms with Crippen molar-refractivity contribution >= 4 is 63.5 Å². The van der Waals surface area contributed by atoms with Crippen LogP contribution >= 0.6 is 23.4 Å². The normalized spacial score (nSPS) is 18.8. The topological polar surface area (TPSA) is 74.1 Å². The fraction of sp³-hybridized carbons (Fsp3) is 0. The van der Waals surface area contributed by atoms with Crippen LogP contribution in [0.3, 0.4) is 0 Å². The number of amidine groups is 1. The fourth-order valence-electron chi connectivity index (χ4n) is 3.41. The zero-order valence-corrected chi connectivity index (χ0v) is 18.7. The number of anilines is 2. The summed E-state index contributed by atoms with van der Waals surface area (Å²) >= 11 is 7.35. The van der Waals surface area contributed by atoms with Gasteiger partial charge in [-0.05, 0) is 65.9 Å². The van der Waals surface area contributed by atoms with E-state index in [0.29, 0.717) is 26.9 Å². The Morgan fingerprint density at radius 1 is 0.941 bits per heavy atom. The van der Waals surface area contributed by atoms with Gasteiger partial charge in [0.25, 0.3) is 11.8 Å². The van der Waals surface area contributed by atoms with Gasteiger partial charge in [0.1, 0.15) is 11.6 Å². The molecule has 6 nitrogen and oxygen atoms in total. The van der Waals surface area contributed by atoms with Crippen molar-refractivity contribution in [2.75, 3.05) is 10.2 Å². The van der Waals surface area contributed by atoms with Crippen molar-refractivity contribution in [3.05, 3.63) is 99.4 Å². The predicted molar refractivity (Wildman–Crippen MR) is 130 cm³/mol. The molecule has 0 radical (unpaired) electrons. The molecule has 0 unspecified atom stereocenters. The molecule has 0 atom stereocenters. The molecule has 0 spiro atoms. The standard InChI is InChI=1S/C24H13ClF2N4O2S/c25-17-3-1-2-4-19(17)31-23(33)20(11-13-5-7-14(26)8-6-13)34-24(31)30-29-21-16-12-15(27)9-10-18(16)28-22(21)32/h1-12H,(H,28,29,32). The van der Waals surface area contributed by atoms with Crippen LogP contribution in [-0.4, -0.2) is 22.7 Å². The second kappa shape index (κ2) is 8.85. The lowest BCUT2D eigenvalue weighted by molar-refractivity contribution is -0.113. The Hall–Kier alpha value is -3.82. The molecule has 34 heavy (non-hydrogen) atoms. The number of hydrogen-bond donors (Lipinski definition) is 1. The molecule has 2 amide bonds. The first-order chi connectivity index (χ1) is 16.4. The molecule has 2 aliphatic rings. The van der Waals surface area contributed by atoms with Gasteiger partial charge in [0.05, 0.1) is 21.3 Å². The van der Waals surface area contributed by atoms with E-state index >= 15 is 0 Å². The van der Waals surface area contributed by atoms with E-state index < -0.39 is 23.4 Å². The van der Waals surface area contributed by atoms with Crippen molar-refractivity contribution in [1.82, 2.24) is 0 Å². The SMILES string of the molecule is O=C1Nc2ccc(F)cc2C1=NN=C1SC(=Cc2ccc(F)cc2)C(=O)N1c1ccccc1Cl. The second-order valence-electron chi connectivity index (χ2n) is 7.23. The first-order valence-corrected chi connectivity index (χ1v) is 11.1. The van der Waals surface area contributed by atoms with Crippen molar-refractivity contribution in [2.45, 2.75) is 0 Å². The van der Waals surface area contributed by atoms with Gasteiger partial charge < -0.3 is 5.32 Å². The Kier molecular flexibility index (Phi) is 5.72. The molecule has 3 aromatic carbocycles. The molecular formula is C24H13ClF2N4O2S. The lowest BCUT2D eigenvalue weighted by atomic mass is 10.1. The third-order valence-electron chi connectivity index (χ3n) is 5.00. The van der Waals surface area contributed by atoms with E-state index in [2.05, 4.69) is 15.5 Å². The highest BCUT2D eigenvalue weighted by Gasteiger charge is 2.36. The number of hydrogen-bond acceptors (Lipinski definition) is 5. The minimum absolute atomic E-state index is 0.0786. The number of nitrogens with one attached hydrogen (secondary N) is 1. The molecular weight excluding hydrogens is 482 g/mol. The largest absolute Gasteiger partial charge is 0.320 e. The molecule has 2 aliphatic heterocycles. The van der Waals surface area contributed by atoms with E-state index in [-0.39, 0.29) is 16.4 Å². The Morgan fingerprint density at radius 2 is 1.68 bits per heavy atom. The summed E-state index contributed by atoms with van der Waals surface area (Å²) in [6, 6.07) is 16.2. The summed E-state index contributed by atoms with van der Waals surface area (Å²) < 4.78 is 27.0. The van der Waals surface area contributed by atoms with E-state index in [1.165, 1.54) is 35.2 Å². The van der Waals surface area contributed by atoms with Gasteiger partial charge in [-0.25, -0.2) is 8.78 Å². The van der Waals surface area contributed by atoms with Crippen molar-refractivity contribution < 1.29 is 18.4 Å². The van der Waals surface area contributed by atoms with E-state index in [9.17, 15) is 18.4 Å². The Balaban J connectivity index is 1.59. The average molecular weight is 495 g/mol. The maximum atomic E-state index is 13.7. The summed E-state index contributed by atoms with van der Waals surface area (Å²) in [5, 5.41) is 11.3. The van der Waals surface area contributed by atoms with Gasteiger partial charge in [0.2, 0.25) is 5.17 Å². The Morgan fingerprint density at radius 3 is 2.44 bits per heavy atom. The van der Waals surface area contributed by atoms with Crippen LogP contribution in [0.1, 0.15) is 11.1 Å². The molecule has 0 bridgehead atoms. The summed E-state index contributed by atoms with van der Waals surface area (Å²) in [5.74, 6) is -1.87. The third-order valence-corrected chi connectivity index (χ3v) is 6.28. The molecule has 1 saturated heterocycles. The van der Waals surface area contributed by atoms with Crippen LogP contribution in [0.15, 0.2) is 81.8 Å². The molecule has 1 fully saturated rings. The van der Waals surface area contributed by atoms with Crippen LogP contribution in [0.25, 0.3) is 6.08 Å². The molecule has 1 N–H and O–H groups in total. The number of carbonyl (C=O) groups is 2. The number of halogens is 3. The molecule has 168 valence electrons. The lowest BCUT2D eigenvalue weighted by Gasteiger charge is -2.16. The highest BCUT2D eigenvalue weighted by Crippen LogP contribution is 2.39. The Bertz CT molecular complexity index is 1440. The summed E-state index contributed by atoms with van der Waals surface area (Å²) in [5.41, 5.74) is 1.61. The highest BCUT2D eigenvalue weighted by molar-refractivity contribution is 8.19. The summed E-state index contributed by atoms with van der Waals surface area (Å²) in [6.07, 6.45) is 1.60. The van der Waals surface area contributed by atoms with Crippen molar-refractivity contribution in [3.63, 3.8) is 0 Å². The van der Waals surface area contributed by atoms with Gasteiger partial charge in [0, 0.05) is 5.56 Å². The summed E-state index contributed by atoms with van der Waals surface area (Å²) in [7, 11) is 0. The zero-order chi connectivity index (χ0) is 23.8. The molecule has 3 aromatic rings. The maximum absolute atomic E-state index is 13.7. The number of nitrogens with zero attached hydrogens (tertiary/aromatic N) is 3. The number of para-hydroxylation sites is 1. The van der Waals surface area contributed by atoms with Crippen LogP contribution in [0.5, 0.6) is 0 Å². The van der Waals surface area contributed by atoms with Gasteiger partial charge in [-0.1, -0.05) is 35.9 Å². The van der Waals surface area contributed by atoms with Crippen LogP contribution in [-0.2, 0) is 9.59 Å². The third kappa shape index (κ3) is 4.11. The number of fused-ring (bicyclic) bond motifs is 1. The van der Waals surface area contributed by atoms with Crippen molar-refractivity contribution in [2.24, 2.45) is 10.2 Å². The van der Waals surface area contributed by atoms with Crippen molar-refractivity contribution in [3.8, 4) is 0 Å². The van der Waals surface area contributed by atoms with Crippen LogP contribution in [0, 0.1) is 11.6 Å². The van der Waals surface area contributed by atoms with Crippen LogP contribution in [0.2, 0.25) is 5.02 Å². The van der Waals surface area contributed by atoms with Crippen LogP contribution < -0.4 is 10.2 Å². The molecule has 0 aliphatic carbocycles.